The predicted molar refractivity (Wildman–Crippen MR) is 144 cm³/mol. The highest BCUT2D eigenvalue weighted by Crippen LogP contribution is 2.47. The lowest BCUT2D eigenvalue weighted by molar-refractivity contribution is 0.0429. The monoisotopic (exact) mass is 521 g/mol. The Morgan fingerprint density at radius 2 is 1.66 bits per heavy atom. The Balaban J connectivity index is 1.76. The summed E-state index contributed by atoms with van der Waals surface area (Å²) in [6.07, 6.45) is 4.32. The summed E-state index contributed by atoms with van der Waals surface area (Å²) in [7, 11) is 0. The van der Waals surface area contributed by atoms with Gasteiger partial charge in [0.05, 0.1) is 11.1 Å². The number of imide groups is 1. The number of hydrogen-bond acceptors (Lipinski definition) is 8. The Hall–Kier alpha value is -3.82. The van der Waals surface area contributed by atoms with Gasteiger partial charge >= 0.3 is 12.2 Å². The highest BCUT2D eigenvalue weighted by atomic mass is 16.6. The van der Waals surface area contributed by atoms with Gasteiger partial charge in [-0.1, -0.05) is 6.07 Å². The predicted octanol–water partition coefficient (Wildman–Crippen LogP) is 6.02. The van der Waals surface area contributed by atoms with Gasteiger partial charge in [-0.05, 0) is 72.9 Å². The van der Waals surface area contributed by atoms with Crippen LogP contribution in [0.2, 0.25) is 0 Å². The quantitative estimate of drug-likeness (QED) is 0.416. The molecule has 2 N–H and O–H groups in total. The molecule has 1 aliphatic heterocycles. The summed E-state index contributed by atoms with van der Waals surface area (Å²) < 4.78 is 19.4. The molecule has 0 radical (unpaired) electrons. The first-order valence-electron chi connectivity index (χ1n) is 12.9. The Morgan fingerprint density at radius 1 is 1.03 bits per heavy atom. The lowest BCUT2D eigenvalue weighted by Gasteiger charge is -2.28. The second kappa shape index (κ2) is 8.89. The summed E-state index contributed by atoms with van der Waals surface area (Å²) in [5.74, 6) is 0.766. The average molecular weight is 522 g/mol. The van der Waals surface area contributed by atoms with E-state index in [9.17, 15) is 9.59 Å². The summed E-state index contributed by atoms with van der Waals surface area (Å²) in [5, 5.41) is 0.558. The molecule has 2 amide bonds. The van der Waals surface area contributed by atoms with Crippen LogP contribution in [0.25, 0.3) is 22.2 Å². The number of fused-ring (bicyclic) bond motifs is 2. The molecule has 10 heteroatoms. The number of ether oxygens (including phenoxy) is 3. The van der Waals surface area contributed by atoms with E-state index in [1.165, 1.54) is 6.33 Å². The number of aromatic nitrogens is 3. The molecule has 0 spiro atoms. The molecule has 1 aliphatic carbocycles. The molecular weight excluding hydrogens is 486 g/mol. The Kier molecular flexibility index (Phi) is 6.04. The smallest absolute Gasteiger partial charge is 0.425 e. The fourth-order valence-corrected chi connectivity index (χ4v) is 4.71. The zero-order chi connectivity index (χ0) is 27.6. The molecule has 5 rings (SSSR count). The van der Waals surface area contributed by atoms with Gasteiger partial charge < -0.3 is 24.5 Å². The van der Waals surface area contributed by atoms with Crippen molar-refractivity contribution in [1.29, 1.82) is 0 Å². The molecule has 0 saturated heterocycles. The van der Waals surface area contributed by atoms with Crippen LogP contribution >= 0.6 is 0 Å². The largest absolute Gasteiger partial charge is 0.488 e. The van der Waals surface area contributed by atoms with Crippen LogP contribution in [0.4, 0.5) is 21.1 Å². The normalized spacial score (nSPS) is 17.2. The highest BCUT2D eigenvalue weighted by Gasteiger charge is 2.38. The van der Waals surface area contributed by atoms with Crippen molar-refractivity contribution in [3.63, 3.8) is 0 Å². The molecule has 1 atom stereocenters. The van der Waals surface area contributed by atoms with Crippen molar-refractivity contribution in [1.82, 2.24) is 14.5 Å². The van der Waals surface area contributed by atoms with Gasteiger partial charge in [-0.25, -0.2) is 19.6 Å². The number of nitrogen functional groups attached to an aromatic ring is 1. The van der Waals surface area contributed by atoms with Gasteiger partial charge in [-0.15, -0.1) is 0 Å². The molecule has 3 aromatic rings. The molecule has 1 aromatic carbocycles. The van der Waals surface area contributed by atoms with E-state index >= 15 is 0 Å². The number of amides is 2. The van der Waals surface area contributed by atoms with Gasteiger partial charge in [0.25, 0.3) is 0 Å². The van der Waals surface area contributed by atoms with Crippen LogP contribution < -0.4 is 15.4 Å². The van der Waals surface area contributed by atoms with Gasteiger partial charge in [-0.2, -0.15) is 4.90 Å². The minimum Gasteiger partial charge on any atom is -0.488 e. The molecule has 202 valence electrons. The standard InChI is InChI=1S/C28H35N5O5/c1-15-12-18-17(10-11-20(29)22(18)36-15)19-13-32(16-8-9-16)23-21(19)24(31-14-30-23)33(25(34)37-27(2,3)4)26(35)38-28(5,6)7/h10-11,13-16H,8-9,12,29H2,1-7H3. The fraction of sp³-hybridized carbons (Fsp3) is 0.500. The lowest BCUT2D eigenvalue weighted by atomic mass is 9.96. The van der Waals surface area contributed by atoms with Gasteiger partial charge in [0.2, 0.25) is 0 Å². The molecule has 3 heterocycles. The molecule has 38 heavy (non-hydrogen) atoms. The van der Waals surface area contributed by atoms with E-state index in [1.54, 1.807) is 41.5 Å². The van der Waals surface area contributed by atoms with Crippen LogP contribution in [-0.2, 0) is 15.9 Å². The first kappa shape index (κ1) is 25.8. The van der Waals surface area contributed by atoms with Gasteiger partial charge in [-0.3, -0.25) is 0 Å². The van der Waals surface area contributed by atoms with Crippen molar-refractivity contribution >= 4 is 34.7 Å². The molecule has 0 bridgehead atoms. The Labute approximate surface area is 222 Å². The summed E-state index contributed by atoms with van der Waals surface area (Å²) in [6, 6.07) is 4.04. The SMILES string of the molecule is CC1Cc2c(-c3cn(C4CC4)c4ncnc(N(C(=O)OC(C)(C)C)C(=O)OC(C)(C)C)c34)ccc(N)c2O1. The van der Waals surface area contributed by atoms with Gasteiger partial charge in [0.15, 0.2) is 5.82 Å². The number of benzene rings is 1. The summed E-state index contributed by atoms with van der Waals surface area (Å²) in [6.45, 7) is 12.4. The molecule has 2 aliphatic rings. The number of nitrogens with two attached hydrogens (primary N) is 1. The van der Waals surface area contributed by atoms with E-state index in [-0.39, 0.29) is 18.0 Å². The zero-order valence-electron chi connectivity index (χ0n) is 23.0. The van der Waals surface area contributed by atoms with E-state index in [2.05, 4.69) is 14.5 Å². The molecule has 10 nitrogen and oxygen atoms in total. The van der Waals surface area contributed by atoms with Crippen LogP contribution in [-0.4, -0.2) is 44.0 Å². The van der Waals surface area contributed by atoms with Crippen molar-refractivity contribution in [3.05, 3.63) is 30.2 Å². The molecule has 2 aromatic heterocycles. The third kappa shape index (κ3) is 4.87. The maximum atomic E-state index is 13.5. The van der Waals surface area contributed by atoms with Crippen LogP contribution in [0.1, 0.15) is 72.9 Å². The summed E-state index contributed by atoms with van der Waals surface area (Å²) in [5.41, 5.74) is 8.40. The van der Waals surface area contributed by atoms with E-state index in [0.717, 1.165) is 34.4 Å². The summed E-state index contributed by atoms with van der Waals surface area (Å²) in [4.78, 5) is 36.9. The van der Waals surface area contributed by atoms with Gasteiger partial charge in [0.1, 0.15) is 35.0 Å². The van der Waals surface area contributed by atoms with Crippen molar-refractivity contribution in [3.8, 4) is 16.9 Å². The Bertz CT molecular complexity index is 1400. The van der Waals surface area contributed by atoms with Crippen molar-refractivity contribution < 1.29 is 23.8 Å². The molecule has 1 saturated carbocycles. The van der Waals surface area contributed by atoms with Crippen LogP contribution in [0.5, 0.6) is 5.75 Å². The number of carbonyl (C=O) groups is 2. The molecule has 1 fully saturated rings. The topological polar surface area (TPSA) is 122 Å². The third-order valence-corrected chi connectivity index (χ3v) is 6.29. The number of nitrogens with zero attached hydrogens (tertiary/aromatic N) is 4. The first-order chi connectivity index (χ1) is 17.7. The van der Waals surface area contributed by atoms with Crippen molar-refractivity contribution in [2.75, 3.05) is 10.6 Å². The number of anilines is 2. The third-order valence-electron chi connectivity index (χ3n) is 6.29. The second-order valence-electron chi connectivity index (χ2n) is 12.0. The average Bonchev–Trinajstić information content (AvgIpc) is 3.43. The van der Waals surface area contributed by atoms with E-state index in [4.69, 9.17) is 19.9 Å². The maximum Gasteiger partial charge on any atom is 0.425 e. The van der Waals surface area contributed by atoms with Crippen LogP contribution in [0.3, 0.4) is 0 Å². The van der Waals surface area contributed by atoms with Crippen molar-refractivity contribution in [2.45, 2.75) is 91.1 Å². The second-order valence-corrected chi connectivity index (χ2v) is 12.0. The molecule has 1 unspecified atom stereocenters. The molecular formula is C28H35N5O5. The first-order valence-corrected chi connectivity index (χ1v) is 12.9. The maximum absolute atomic E-state index is 13.5. The van der Waals surface area contributed by atoms with E-state index in [1.807, 2.05) is 25.3 Å². The van der Waals surface area contributed by atoms with Gasteiger partial charge in [0, 0.05) is 29.8 Å². The summed E-state index contributed by atoms with van der Waals surface area (Å²) >= 11 is 0. The van der Waals surface area contributed by atoms with Crippen molar-refractivity contribution in [2.24, 2.45) is 0 Å². The lowest BCUT2D eigenvalue weighted by Crippen LogP contribution is -2.44. The minimum absolute atomic E-state index is 0.0269. The minimum atomic E-state index is -0.878. The number of rotatable bonds is 3. The number of carbonyl (C=O) groups excluding carboxylic acids is 2. The van der Waals surface area contributed by atoms with E-state index in [0.29, 0.717) is 28.9 Å². The highest BCUT2D eigenvalue weighted by molar-refractivity contribution is 6.16. The fourth-order valence-electron chi connectivity index (χ4n) is 4.71. The van der Waals surface area contributed by atoms with Crippen LogP contribution in [0.15, 0.2) is 24.7 Å². The van der Waals surface area contributed by atoms with E-state index < -0.39 is 23.4 Å². The van der Waals surface area contributed by atoms with Crippen LogP contribution in [0, 0.1) is 0 Å². The number of hydrogen-bond donors (Lipinski definition) is 1. The Morgan fingerprint density at radius 3 is 2.24 bits per heavy atom. The zero-order valence-corrected chi connectivity index (χ0v) is 23.0.